The third-order valence-corrected chi connectivity index (χ3v) is 4.33. The van der Waals surface area contributed by atoms with E-state index < -0.39 is 11.2 Å². The Kier molecular flexibility index (Phi) is 5.60. The van der Waals surface area contributed by atoms with Crippen LogP contribution in [0.4, 0.5) is 5.69 Å². The number of hydrogen-bond donors (Lipinski definition) is 2. The van der Waals surface area contributed by atoms with Crippen LogP contribution in [0.1, 0.15) is 17.7 Å². The number of aliphatic carboxylic acids is 1. The van der Waals surface area contributed by atoms with Crippen LogP contribution in [-0.4, -0.2) is 17.0 Å². The van der Waals surface area contributed by atoms with Gasteiger partial charge in [-0.25, -0.2) is 0 Å². The number of carboxylic acids is 1. The molecular weight excluding hydrogens is 310 g/mol. The van der Waals surface area contributed by atoms with Crippen molar-refractivity contribution in [2.24, 2.45) is 0 Å². The summed E-state index contributed by atoms with van der Waals surface area (Å²) in [4.78, 5) is 23.9. The molecular formula is C18H17NO3S. The molecule has 1 unspecified atom stereocenters. The van der Waals surface area contributed by atoms with Crippen molar-refractivity contribution < 1.29 is 14.7 Å². The molecule has 2 N–H and O–H groups in total. The largest absolute Gasteiger partial charge is 0.480 e. The minimum Gasteiger partial charge on any atom is -0.480 e. The van der Waals surface area contributed by atoms with Gasteiger partial charge in [0.25, 0.3) is 5.91 Å². The van der Waals surface area contributed by atoms with Crippen LogP contribution in [0.2, 0.25) is 0 Å². The number of carbonyl (C=O) groups is 2. The molecule has 2 rings (SSSR count). The topological polar surface area (TPSA) is 66.4 Å². The number of benzene rings is 2. The molecule has 1 atom stereocenters. The van der Waals surface area contributed by atoms with Crippen molar-refractivity contribution in [2.45, 2.75) is 17.1 Å². The van der Waals surface area contributed by atoms with Crippen molar-refractivity contribution in [3.8, 4) is 0 Å². The molecule has 0 aliphatic heterocycles. The second-order valence-corrected chi connectivity index (χ2v) is 6.18. The second-order valence-electron chi connectivity index (χ2n) is 5.01. The molecule has 0 fully saturated rings. The number of carbonyl (C=O) groups excluding carboxylic acids is 1. The minimum absolute atomic E-state index is 0.238. The van der Waals surface area contributed by atoms with E-state index in [1.54, 1.807) is 43.3 Å². The first-order valence-electron chi connectivity index (χ1n) is 6.98. The maximum Gasteiger partial charge on any atom is 0.321 e. The Morgan fingerprint density at radius 3 is 2.22 bits per heavy atom. The molecule has 0 aromatic heterocycles. The highest BCUT2D eigenvalue weighted by molar-refractivity contribution is 8.00. The summed E-state index contributed by atoms with van der Waals surface area (Å²) < 4.78 is 0. The summed E-state index contributed by atoms with van der Waals surface area (Å²) in [6.07, 6.45) is 0. The number of nitrogens with one attached hydrogen (secondary N) is 1. The van der Waals surface area contributed by atoms with E-state index in [1.165, 1.54) is 11.8 Å². The van der Waals surface area contributed by atoms with Crippen LogP contribution >= 0.6 is 11.8 Å². The fourth-order valence-corrected chi connectivity index (χ4v) is 2.84. The summed E-state index contributed by atoms with van der Waals surface area (Å²) in [6.45, 7) is 5.22. The lowest BCUT2D eigenvalue weighted by atomic mass is 10.1. The van der Waals surface area contributed by atoms with Crippen LogP contribution in [0.5, 0.6) is 0 Å². The number of thioether (sulfide) groups is 1. The lowest BCUT2D eigenvalue weighted by molar-refractivity contribution is -0.136. The summed E-state index contributed by atoms with van der Waals surface area (Å²) in [5, 5.41) is 11.5. The molecule has 118 valence electrons. The quantitative estimate of drug-likeness (QED) is 0.619. The minimum atomic E-state index is -0.888. The molecule has 0 heterocycles. The Morgan fingerprint density at radius 2 is 1.70 bits per heavy atom. The van der Waals surface area contributed by atoms with Crippen molar-refractivity contribution in [1.82, 2.24) is 0 Å². The first kappa shape index (κ1) is 16.8. The number of rotatable bonds is 6. The molecule has 0 saturated heterocycles. The van der Waals surface area contributed by atoms with Gasteiger partial charge in [0.2, 0.25) is 0 Å². The summed E-state index contributed by atoms with van der Waals surface area (Å²) >= 11 is 1.25. The Labute approximate surface area is 139 Å². The molecule has 23 heavy (non-hydrogen) atoms. The van der Waals surface area contributed by atoms with Gasteiger partial charge < -0.3 is 10.4 Å². The molecule has 0 bridgehead atoms. The average molecular weight is 327 g/mol. The third-order valence-electron chi connectivity index (χ3n) is 3.08. The summed E-state index contributed by atoms with van der Waals surface area (Å²) in [6, 6.07) is 16.2. The smallest absolute Gasteiger partial charge is 0.321 e. The number of amides is 1. The molecule has 0 spiro atoms. The van der Waals surface area contributed by atoms with Crippen LogP contribution < -0.4 is 5.32 Å². The first-order chi connectivity index (χ1) is 11.0. The zero-order valence-corrected chi connectivity index (χ0v) is 13.5. The average Bonchev–Trinajstić information content (AvgIpc) is 2.54. The van der Waals surface area contributed by atoms with Crippen molar-refractivity contribution in [3.05, 3.63) is 72.3 Å². The summed E-state index contributed by atoms with van der Waals surface area (Å²) in [5.74, 6) is -1.13. The maximum atomic E-state index is 11.6. The lowest BCUT2D eigenvalue weighted by Gasteiger charge is -2.13. The molecule has 0 saturated carbocycles. The number of anilines is 1. The normalized spacial score (nSPS) is 11.5. The highest BCUT2D eigenvalue weighted by Crippen LogP contribution is 2.35. The fraction of sp³-hybridized carbons (Fsp3) is 0.111. The van der Waals surface area contributed by atoms with E-state index in [0.29, 0.717) is 11.3 Å². The maximum absolute atomic E-state index is 11.6. The van der Waals surface area contributed by atoms with Crippen molar-refractivity contribution in [1.29, 1.82) is 0 Å². The van der Waals surface area contributed by atoms with Crippen molar-refractivity contribution in [2.75, 3.05) is 5.32 Å². The van der Waals surface area contributed by atoms with E-state index in [2.05, 4.69) is 11.9 Å². The van der Waals surface area contributed by atoms with Gasteiger partial charge in [0.15, 0.2) is 0 Å². The van der Waals surface area contributed by atoms with E-state index >= 15 is 0 Å². The lowest BCUT2D eigenvalue weighted by Crippen LogP contribution is -2.11. The Balaban J connectivity index is 2.11. The van der Waals surface area contributed by atoms with Crippen LogP contribution in [0.3, 0.4) is 0 Å². The molecule has 0 aliphatic carbocycles. The van der Waals surface area contributed by atoms with E-state index in [4.69, 9.17) is 0 Å². The molecule has 4 nitrogen and oxygen atoms in total. The van der Waals surface area contributed by atoms with Crippen LogP contribution in [0, 0.1) is 0 Å². The third kappa shape index (κ3) is 4.72. The predicted molar refractivity (Wildman–Crippen MR) is 92.6 cm³/mol. The van der Waals surface area contributed by atoms with Crippen LogP contribution in [0.25, 0.3) is 0 Å². The van der Waals surface area contributed by atoms with Gasteiger partial charge in [-0.05, 0) is 36.8 Å². The first-order valence-corrected chi connectivity index (χ1v) is 7.86. The van der Waals surface area contributed by atoms with Gasteiger partial charge in [0, 0.05) is 16.2 Å². The van der Waals surface area contributed by atoms with Crippen LogP contribution in [0.15, 0.2) is 71.6 Å². The van der Waals surface area contributed by atoms with Gasteiger partial charge in [-0.1, -0.05) is 36.9 Å². The van der Waals surface area contributed by atoms with E-state index in [-0.39, 0.29) is 5.91 Å². The van der Waals surface area contributed by atoms with Gasteiger partial charge in [-0.3, -0.25) is 9.59 Å². The molecule has 2 aromatic rings. The van der Waals surface area contributed by atoms with E-state index in [0.717, 1.165) is 10.5 Å². The second kappa shape index (κ2) is 7.65. The van der Waals surface area contributed by atoms with Gasteiger partial charge in [-0.15, -0.1) is 11.8 Å². The monoisotopic (exact) mass is 327 g/mol. The van der Waals surface area contributed by atoms with Gasteiger partial charge in [0.1, 0.15) is 5.25 Å². The van der Waals surface area contributed by atoms with Gasteiger partial charge >= 0.3 is 5.97 Å². The highest BCUT2D eigenvalue weighted by Gasteiger charge is 2.20. The Bertz CT molecular complexity index is 711. The molecule has 0 radical (unpaired) electrons. The number of carboxylic acid groups (broad SMARTS) is 1. The van der Waals surface area contributed by atoms with Crippen molar-refractivity contribution >= 4 is 29.3 Å². The fourth-order valence-electron chi connectivity index (χ4n) is 1.88. The number of hydrogen-bond acceptors (Lipinski definition) is 3. The predicted octanol–water partition coefficient (Wildman–Crippen LogP) is 4.12. The molecule has 2 aromatic carbocycles. The molecule has 0 aliphatic rings. The van der Waals surface area contributed by atoms with Gasteiger partial charge in [0.05, 0.1) is 0 Å². The van der Waals surface area contributed by atoms with Crippen molar-refractivity contribution in [3.63, 3.8) is 0 Å². The van der Waals surface area contributed by atoms with Gasteiger partial charge in [-0.2, -0.15) is 0 Å². The summed E-state index contributed by atoms with van der Waals surface area (Å²) in [5.41, 5.74) is 1.82. The Hall–Kier alpha value is -2.53. The van der Waals surface area contributed by atoms with E-state index in [1.807, 2.05) is 18.2 Å². The Morgan fingerprint density at radius 1 is 1.09 bits per heavy atom. The summed E-state index contributed by atoms with van der Waals surface area (Å²) in [7, 11) is 0. The molecule has 5 heteroatoms. The molecule has 1 amide bonds. The van der Waals surface area contributed by atoms with E-state index in [9.17, 15) is 14.7 Å². The van der Waals surface area contributed by atoms with Crippen LogP contribution in [-0.2, 0) is 9.59 Å². The highest BCUT2D eigenvalue weighted by atomic mass is 32.2. The SMILES string of the molecule is C=C(C)C(=O)Nc1ccc(SC(C(=O)O)c2ccccc2)cc1. The zero-order valence-electron chi connectivity index (χ0n) is 12.7. The zero-order chi connectivity index (χ0) is 16.8. The standard InChI is InChI=1S/C18H17NO3S/c1-12(2)17(20)19-14-8-10-15(11-9-14)23-16(18(21)22)13-6-4-3-5-7-13/h3-11,16H,1H2,2H3,(H,19,20)(H,21,22).